The summed E-state index contributed by atoms with van der Waals surface area (Å²) in [4.78, 5) is 23.7. The number of rotatable bonds is 4. The maximum absolute atomic E-state index is 12.6. The zero-order valence-electron chi connectivity index (χ0n) is 14.5. The molecule has 3 heterocycles. The van der Waals surface area contributed by atoms with Crippen LogP contribution < -0.4 is 4.90 Å². The van der Waals surface area contributed by atoms with Gasteiger partial charge in [0, 0.05) is 31.4 Å². The molecule has 7 heteroatoms. The number of imidazole rings is 1. The van der Waals surface area contributed by atoms with Gasteiger partial charge >= 0.3 is 5.97 Å². The molecule has 0 amide bonds. The van der Waals surface area contributed by atoms with Gasteiger partial charge in [-0.2, -0.15) is 0 Å². The van der Waals surface area contributed by atoms with Gasteiger partial charge in [0.25, 0.3) is 0 Å². The van der Waals surface area contributed by atoms with Gasteiger partial charge in [0.1, 0.15) is 23.8 Å². The number of hydrogen-bond acceptors (Lipinski definition) is 5. The van der Waals surface area contributed by atoms with Gasteiger partial charge in [-0.05, 0) is 43.2 Å². The van der Waals surface area contributed by atoms with Crippen LogP contribution in [0.25, 0.3) is 11.0 Å². The normalized spacial score (nSPS) is 14.2. The molecule has 1 aliphatic heterocycles. The molecule has 26 heavy (non-hydrogen) atoms. The van der Waals surface area contributed by atoms with E-state index in [1.54, 1.807) is 24.4 Å². The summed E-state index contributed by atoms with van der Waals surface area (Å²) in [7, 11) is 1.89. The Kier molecular flexibility index (Phi) is 4.51. The van der Waals surface area contributed by atoms with Crippen molar-refractivity contribution in [1.82, 2.24) is 14.5 Å². The number of nitrogens with zero attached hydrogens (tertiary/aromatic N) is 4. The van der Waals surface area contributed by atoms with Crippen molar-refractivity contribution in [2.45, 2.75) is 19.4 Å². The van der Waals surface area contributed by atoms with E-state index in [4.69, 9.17) is 16.3 Å². The maximum atomic E-state index is 12.6. The molecule has 134 valence electrons. The number of pyridine rings is 1. The van der Waals surface area contributed by atoms with Crippen molar-refractivity contribution in [3.05, 3.63) is 52.9 Å². The lowest BCUT2D eigenvalue weighted by molar-refractivity contribution is 0.0460. The minimum absolute atomic E-state index is 0.0932. The summed E-state index contributed by atoms with van der Waals surface area (Å²) in [6.45, 7) is 1.93. The molecule has 0 radical (unpaired) electrons. The Morgan fingerprint density at radius 1 is 1.27 bits per heavy atom. The van der Waals surface area contributed by atoms with Gasteiger partial charge < -0.3 is 14.2 Å². The van der Waals surface area contributed by atoms with Crippen LogP contribution in [0.15, 0.2) is 36.5 Å². The molecule has 0 bridgehead atoms. The summed E-state index contributed by atoms with van der Waals surface area (Å²) in [5, 5.41) is 0.629. The zero-order valence-corrected chi connectivity index (χ0v) is 15.2. The first kappa shape index (κ1) is 16.8. The predicted molar refractivity (Wildman–Crippen MR) is 101 cm³/mol. The fourth-order valence-electron chi connectivity index (χ4n) is 3.30. The molecule has 1 fully saturated rings. The highest BCUT2D eigenvalue weighted by Gasteiger charge is 2.22. The lowest BCUT2D eigenvalue weighted by atomic mass is 10.2. The smallest absolute Gasteiger partial charge is 0.342 e. The summed E-state index contributed by atoms with van der Waals surface area (Å²) < 4.78 is 7.44. The van der Waals surface area contributed by atoms with Gasteiger partial charge in [-0.1, -0.05) is 11.6 Å². The van der Waals surface area contributed by atoms with Crippen molar-refractivity contribution >= 4 is 34.4 Å². The minimum Gasteiger partial charge on any atom is -0.454 e. The van der Waals surface area contributed by atoms with Crippen LogP contribution in [0.5, 0.6) is 0 Å². The summed E-state index contributed by atoms with van der Waals surface area (Å²) in [5.41, 5.74) is 2.22. The fourth-order valence-corrected chi connectivity index (χ4v) is 3.46. The van der Waals surface area contributed by atoms with Gasteiger partial charge in [-0.25, -0.2) is 14.8 Å². The molecule has 1 aromatic carbocycles. The number of halogens is 1. The molecule has 2 aromatic heterocycles. The molecule has 6 nitrogen and oxygen atoms in total. The van der Waals surface area contributed by atoms with Crippen LogP contribution in [0, 0.1) is 0 Å². The van der Waals surface area contributed by atoms with Gasteiger partial charge in [0.05, 0.1) is 11.0 Å². The van der Waals surface area contributed by atoms with E-state index in [1.807, 2.05) is 23.7 Å². The van der Waals surface area contributed by atoms with E-state index >= 15 is 0 Å². The van der Waals surface area contributed by atoms with Crippen molar-refractivity contribution in [2.24, 2.45) is 7.05 Å². The Bertz CT molecular complexity index is 963. The van der Waals surface area contributed by atoms with Crippen LogP contribution in [0.3, 0.4) is 0 Å². The summed E-state index contributed by atoms with van der Waals surface area (Å²) in [6, 6.07) is 9.04. The number of carbonyl (C=O) groups excluding carboxylic acids is 1. The molecule has 0 spiro atoms. The van der Waals surface area contributed by atoms with Crippen LogP contribution in [-0.4, -0.2) is 33.6 Å². The largest absolute Gasteiger partial charge is 0.454 e. The number of ether oxygens (including phenoxy) is 1. The molecule has 1 saturated heterocycles. The number of hydrogen-bond donors (Lipinski definition) is 0. The first-order chi connectivity index (χ1) is 12.6. The third kappa shape index (κ3) is 3.12. The van der Waals surface area contributed by atoms with E-state index in [-0.39, 0.29) is 12.6 Å². The highest BCUT2D eigenvalue weighted by atomic mass is 35.5. The van der Waals surface area contributed by atoms with E-state index in [0.29, 0.717) is 22.2 Å². The number of anilines is 1. The Hall–Kier alpha value is -2.60. The molecule has 0 atom stereocenters. The minimum atomic E-state index is -0.384. The van der Waals surface area contributed by atoms with Crippen molar-refractivity contribution in [2.75, 3.05) is 18.0 Å². The highest BCUT2D eigenvalue weighted by Crippen LogP contribution is 2.24. The second-order valence-corrected chi connectivity index (χ2v) is 6.80. The summed E-state index contributed by atoms with van der Waals surface area (Å²) >= 11 is 6.02. The number of aryl methyl sites for hydroxylation is 1. The average Bonchev–Trinajstić information content (AvgIpc) is 3.28. The molecule has 4 rings (SSSR count). The summed E-state index contributed by atoms with van der Waals surface area (Å²) in [6.07, 6.45) is 3.95. The second kappa shape index (κ2) is 6.96. The van der Waals surface area contributed by atoms with Crippen molar-refractivity contribution in [3.63, 3.8) is 0 Å². The predicted octanol–water partition coefficient (Wildman–Crippen LogP) is 3.58. The molecule has 0 aliphatic carbocycles. The second-order valence-electron chi connectivity index (χ2n) is 6.36. The van der Waals surface area contributed by atoms with E-state index in [9.17, 15) is 4.79 Å². The van der Waals surface area contributed by atoms with Crippen molar-refractivity contribution in [1.29, 1.82) is 0 Å². The van der Waals surface area contributed by atoms with E-state index in [0.717, 1.165) is 37.0 Å². The standard InChI is InChI=1S/C19H19ClN4O2/c1-23-16-7-6-13(20)11-15(16)22-17(23)12-26-19(25)14-5-4-8-21-18(14)24-9-2-3-10-24/h4-8,11H,2-3,9-10,12H2,1H3. The van der Waals surface area contributed by atoms with E-state index in [2.05, 4.69) is 14.9 Å². The molecular weight excluding hydrogens is 352 g/mol. The van der Waals surface area contributed by atoms with Gasteiger partial charge in [-0.3, -0.25) is 0 Å². The topological polar surface area (TPSA) is 60.3 Å². The van der Waals surface area contributed by atoms with E-state index < -0.39 is 0 Å². The molecule has 0 saturated carbocycles. The van der Waals surface area contributed by atoms with Crippen LogP contribution >= 0.6 is 11.6 Å². The first-order valence-corrected chi connectivity index (χ1v) is 8.99. The Labute approximate surface area is 156 Å². The Morgan fingerprint density at radius 3 is 2.88 bits per heavy atom. The van der Waals surface area contributed by atoms with Crippen molar-refractivity contribution < 1.29 is 9.53 Å². The Balaban J connectivity index is 1.54. The maximum Gasteiger partial charge on any atom is 0.342 e. The van der Waals surface area contributed by atoms with Crippen LogP contribution in [0.1, 0.15) is 29.0 Å². The SMILES string of the molecule is Cn1c(COC(=O)c2cccnc2N2CCCC2)nc2cc(Cl)ccc21. The molecular formula is C19H19ClN4O2. The van der Waals surface area contributed by atoms with Gasteiger partial charge in [0.2, 0.25) is 0 Å². The highest BCUT2D eigenvalue weighted by molar-refractivity contribution is 6.31. The molecule has 1 aliphatic rings. The lowest BCUT2D eigenvalue weighted by Gasteiger charge is -2.18. The fraction of sp³-hybridized carbons (Fsp3) is 0.316. The summed E-state index contributed by atoms with van der Waals surface area (Å²) in [5.74, 6) is 0.985. The van der Waals surface area contributed by atoms with E-state index in [1.165, 1.54) is 0 Å². The number of aromatic nitrogens is 3. The van der Waals surface area contributed by atoms with Crippen LogP contribution in [-0.2, 0) is 18.4 Å². The number of esters is 1. The quantitative estimate of drug-likeness (QED) is 0.657. The zero-order chi connectivity index (χ0) is 18.1. The van der Waals surface area contributed by atoms with Crippen LogP contribution in [0.4, 0.5) is 5.82 Å². The molecule has 0 N–H and O–H groups in total. The number of carbonyl (C=O) groups is 1. The van der Waals surface area contributed by atoms with Gasteiger partial charge in [0.15, 0.2) is 0 Å². The van der Waals surface area contributed by atoms with Crippen molar-refractivity contribution in [3.8, 4) is 0 Å². The monoisotopic (exact) mass is 370 g/mol. The lowest BCUT2D eigenvalue weighted by Crippen LogP contribution is -2.22. The third-order valence-electron chi connectivity index (χ3n) is 4.68. The van der Waals surface area contributed by atoms with Gasteiger partial charge in [-0.15, -0.1) is 0 Å². The number of benzene rings is 1. The third-order valence-corrected chi connectivity index (χ3v) is 4.92. The Morgan fingerprint density at radius 2 is 2.08 bits per heavy atom. The average molecular weight is 371 g/mol. The molecule has 0 unspecified atom stereocenters. The molecule has 3 aromatic rings. The van der Waals surface area contributed by atoms with Crippen LogP contribution in [0.2, 0.25) is 5.02 Å². The number of fused-ring (bicyclic) bond motifs is 1. The first-order valence-electron chi connectivity index (χ1n) is 8.61.